The maximum Gasteiger partial charge on any atom is 0.253 e. The molecule has 10 nitrogen and oxygen atoms in total. The molecule has 32 heavy (non-hydrogen) atoms. The zero-order valence-corrected chi connectivity index (χ0v) is 17.2. The van der Waals surface area contributed by atoms with E-state index in [9.17, 15) is 9.18 Å². The lowest BCUT2D eigenvalue weighted by molar-refractivity contribution is 0.0790. The Labute approximate surface area is 183 Å². The van der Waals surface area contributed by atoms with E-state index < -0.39 is 6.04 Å². The van der Waals surface area contributed by atoms with E-state index in [0.29, 0.717) is 24.4 Å². The number of carbonyl (C=O) groups is 1. The largest absolute Gasteiger partial charge is 0.493 e. The maximum absolute atomic E-state index is 13.1. The van der Waals surface area contributed by atoms with Gasteiger partial charge < -0.3 is 9.64 Å². The second-order valence-electron chi connectivity index (χ2n) is 7.47. The maximum atomic E-state index is 13.1. The van der Waals surface area contributed by atoms with Gasteiger partial charge in [0.25, 0.3) is 5.91 Å². The summed E-state index contributed by atoms with van der Waals surface area (Å²) in [5.41, 5.74) is 10.4. The van der Waals surface area contributed by atoms with Gasteiger partial charge in [0.05, 0.1) is 19.2 Å². The van der Waals surface area contributed by atoms with E-state index in [1.807, 2.05) is 4.90 Å². The number of likely N-dealkylation sites (tertiary alicyclic amines) is 1. The minimum Gasteiger partial charge on any atom is -0.493 e. The van der Waals surface area contributed by atoms with Gasteiger partial charge in [-0.15, -0.1) is 10.2 Å². The predicted molar refractivity (Wildman–Crippen MR) is 112 cm³/mol. The first-order valence-electron chi connectivity index (χ1n) is 10.1. The van der Waals surface area contributed by atoms with E-state index >= 15 is 0 Å². The van der Waals surface area contributed by atoms with Crippen molar-refractivity contribution in [2.75, 3.05) is 19.7 Å². The van der Waals surface area contributed by atoms with Crippen molar-refractivity contribution in [1.29, 1.82) is 0 Å². The number of ether oxygens (including phenoxy) is 1. The lowest BCUT2D eigenvalue weighted by atomic mass is 9.99. The highest BCUT2D eigenvalue weighted by Gasteiger charge is 2.28. The molecule has 1 aliphatic heterocycles. The Bertz CT molecular complexity index is 1080. The minimum absolute atomic E-state index is 0.0506. The molecule has 2 aromatic carbocycles. The van der Waals surface area contributed by atoms with Gasteiger partial charge in [0.2, 0.25) is 0 Å². The van der Waals surface area contributed by atoms with Crippen LogP contribution in [0.3, 0.4) is 0 Å². The quantitative estimate of drug-likeness (QED) is 0.305. The Morgan fingerprint density at radius 1 is 1.25 bits per heavy atom. The third kappa shape index (κ3) is 5.19. The third-order valence-corrected chi connectivity index (χ3v) is 5.34. The van der Waals surface area contributed by atoms with Gasteiger partial charge in [0, 0.05) is 29.5 Å². The summed E-state index contributed by atoms with van der Waals surface area (Å²) in [5.74, 6) is 0.448. The molecule has 0 saturated carbocycles. The van der Waals surface area contributed by atoms with Crippen LogP contribution < -0.4 is 4.74 Å². The van der Waals surface area contributed by atoms with Crippen LogP contribution in [0.25, 0.3) is 10.4 Å². The first-order valence-corrected chi connectivity index (χ1v) is 10.1. The predicted octanol–water partition coefficient (Wildman–Crippen LogP) is 3.20. The fourth-order valence-electron chi connectivity index (χ4n) is 3.68. The molecule has 4 rings (SSSR count). The number of amides is 1. The van der Waals surface area contributed by atoms with Gasteiger partial charge in [-0.2, -0.15) is 4.80 Å². The number of hydrogen-bond donors (Lipinski definition) is 0. The molecule has 1 fully saturated rings. The highest BCUT2D eigenvalue weighted by Crippen LogP contribution is 2.28. The zero-order chi connectivity index (χ0) is 22.3. The highest BCUT2D eigenvalue weighted by atomic mass is 19.1. The lowest BCUT2D eigenvalue weighted by Gasteiger charge is -2.17. The molecule has 1 aliphatic rings. The van der Waals surface area contributed by atoms with Gasteiger partial charge in [-0.3, -0.25) is 4.79 Å². The van der Waals surface area contributed by atoms with Crippen LogP contribution in [0.2, 0.25) is 0 Å². The smallest absolute Gasteiger partial charge is 0.253 e. The van der Waals surface area contributed by atoms with Crippen molar-refractivity contribution in [2.24, 2.45) is 5.11 Å². The topological polar surface area (TPSA) is 122 Å². The van der Waals surface area contributed by atoms with Crippen LogP contribution in [0, 0.1) is 5.82 Å². The fourth-order valence-corrected chi connectivity index (χ4v) is 3.68. The number of carbonyl (C=O) groups excluding carboxylic acids is 1. The monoisotopic (exact) mass is 436 g/mol. The zero-order valence-electron chi connectivity index (χ0n) is 17.2. The van der Waals surface area contributed by atoms with E-state index in [-0.39, 0.29) is 30.8 Å². The van der Waals surface area contributed by atoms with Crippen LogP contribution in [-0.4, -0.2) is 56.8 Å². The lowest BCUT2D eigenvalue weighted by Crippen LogP contribution is -2.28. The van der Waals surface area contributed by atoms with Crippen LogP contribution >= 0.6 is 0 Å². The summed E-state index contributed by atoms with van der Waals surface area (Å²) < 4.78 is 18.9. The molecule has 0 spiro atoms. The molecule has 0 bridgehead atoms. The summed E-state index contributed by atoms with van der Waals surface area (Å²) in [6.45, 7) is 1.63. The summed E-state index contributed by atoms with van der Waals surface area (Å²) >= 11 is 0. The van der Waals surface area contributed by atoms with Gasteiger partial charge in [0.1, 0.15) is 11.6 Å². The molecule has 0 aliphatic carbocycles. The van der Waals surface area contributed by atoms with E-state index in [0.717, 1.165) is 12.0 Å². The van der Waals surface area contributed by atoms with Crippen LogP contribution in [-0.2, 0) is 6.54 Å². The van der Waals surface area contributed by atoms with Crippen LogP contribution in [0.4, 0.5) is 4.39 Å². The molecule has 1 amide bonds. The van der Waals surface area contributed by atoms with Gasteiger partial charge in [-0.1, -0.05) is 17.2 Å². The van der Waals surface area contributed by atoms with Gasteiger partial charge in [-0.25, -0.2) is 4.39 Å². The standard InChI is InChI=1S/C21H21FN8O2/c22-18-5-1-15(2-6-18)17-9-10-29(11-17)21(31)16-3-7-20(8-4-16)32-13-19(26-27-23)12-30-25-14-24-28-30/h1-8,14,17,19H,9-13H2. The number of tetrazole rings is 1. The molecule has 0 radical (unpaired) electrons. The van der Waals surface area contributed by atoms with Gasteiger partial charge in [-0.05, 0) is 59.1 Å². The molecule has 3 aromatic rings. The number of rotatable bonds is 8. The first kappa shape index (κ1) is 21.3. The number of hydrogen-bond acceptors (Lipinski definition) is 6. The number of aromatic nitrogens is 4. The summed E-state index contributed by atoms with van der Waals surface area (Å²) in [4.78, 5) is 18.8. The summed E-state index contributed by atoms with van der Waals surface area (Å²) in [5, 5.41) is 14.9. The second kappa shape index (κ2) is 9.88. The van der Waals surface area contributed by atoms with Crippen molar-refractivity contribution in [3.8, 4) is 5.75 Å². The second-order valence-corrected chi connectivity index (χ2v) is 7.47. The minimum atomic E-state index is -0.511. The average Bonchev–Trinajstić information content (AvgIpc) is 3.50. The number of azide groups is 1. The van der Waals surface area contributed by atoms with Gasteiger partial charge >= 0.3 is 0 Å². The van der Waals surface area contributed by atoms with Crippen LogP contribution in [0.1, 0.15) is 28.3 Å². The Morgan fingerprint density at radius 3 is 2.72 bits per heavy atom. The van der Waals surface area contributed by atoms with Crippen LogP contribution in [0.15, 0.2) is 60.0 Å². The number of halogens is 1. The van der Waals surface area contributed by atoms with Gasteiger partial charge in [0.15, 0.2) is 6.33 Å². The average molecular weight is 436 g/mol. The van der Waals surface area contributed by atoms with Crippen molar-refractivity contribution in [3.05, 3.63) is 82.2 Å². The molecule has 11 heteroatoms. The Kier molecular flexibility index (Phi) is 6.57. The van der Waals surface area contributed by atoms with Crippen molar-refractivity contribution < 1.29 is 13.9 Å². The highest BCUT2D eigenvalue weighted by molar-refractivity contribution is 5.94. The molecule has 1 aromatic heterocycles. The van der Waals surface area contributed by atoms with E-state index in [4.69, 9.17) is 10.3 Å². The summed E-state index contributed by atoms with van der Waals surface area (Å²) in [6, 6.07) is 12.8. The Balaban J connectivity index is 1.32. The van der Waals surface area contributed by atoms with E-state index in [1.165, 1.54) is 23.3 Å². The molecule has 164 valence electrons. The van der Waals surface area contributed by atoms with Crippen molar-refractivity contribution in [1.82, 2.24) is 25.1 Å². The molecule has 2 unspecified atom stereocenters. The van der Waals surface area contributed by atoms with Crippen molar-refractivity contribution >= 4 is 5.91 Å². The molecule has 2 atom stereocenters. The van der Waals surface area contributed by atoms with Crippen molar-refractivity contribution in [2.45, 2.75) is 24.9 Å². The van der Waals surface area contributed by atoms with E-state index in [1.54, 1.807) is 36.4 Å². The molecular weight excluding hydrogens is 415 g/mol. The molecule has 1 saturated heterocycles. The molecular formula is C21H21FN8O2. The first-order chi connectivity index (χ1) is 15.6. The Hall–Kier alpha value is -3.98. The molecule has 0 N–H and O–H groups in total. The fraction of sp³-hybridized carbons (Fsp3) is 0.333. The number of nitrogens with zero attached hydrogens (tertiary/aromatic N) is 8. The summed E-state index contributed by atoms with van der Waals surface area (Å²) in [6.07, 6.45) is 2.14. The van der Waals surface area contributed by atoms with E-state index in [2.05, 4.69) is 25.4 Å². The normalized spacial score (nSPS) is 16.4. The van der Waals surface area contributed by atoms with Crippen molar-refractivity contribution in [3.63, 3.8) is 0 Å². The third-order valence-electron chi connectivity index (χ3n) is 5.34. The van der Waals surface area contributed by atoms with Crippen LogP contribution in [0.5, 0.6) is 5.75 Å². The number of benzene rings is 2. The summed E-state index contributed by atoms with van der Waals surface area (Å²) in [7, 11) is 0. The Morgan fingerprint density at radius 2 is 2.03 bits per heavy atom. The molecule has 2 heterocycles. The SMILES string of the molecule is [N-]=[N+]=NC(COc1ccc(C(=O)N2CCC(c3ccc(F)cc3)C2)cc1)Cn1ncnn1.